The van der Waals surface area contributed by atoms with E-state index < -0.39 is 31.9 Å². The number of hydrogen-bond donors (Lipinski definition) is 3. The predicted molar refractivity (Wildman–Crippen MR) is 555 cm³/mol. The topological polar surface area (TPSA) is 429 Å². The van der Waals surface area contributed by atoms with Crippen molar-refractivity contribution in [3.8, 4) is 52.1 Å². The smallest absolute Gasteiger partial charge is 1.00 e. The molecule has 3 N–H and O–H groups in total. The van der Waals surface area contributed by atoms with Crippen molar-refractivity contribution in [1.82, 2.24) is 15.0 Å². The minimum absolute atomic E-state index is 0. The summed E-state index contributed by atoms with van der Waals surface area (Å²) in [4.78, 5) is 132. The maximum atomic E-state index is 11.1. The minimum atomic E-state index is -0.912. The van der Waals surface area contributed by atoms with Gasteiger partial charge >= 0.3 is 180 Å². The SMILES string of the molecule is BrC(Br)(Br)Br.CC(=O)OC(C)=O.CC(=O)Oc1ccc(C=O)cc1.CC(=O)Oc1ccc(CBr)cc1.CC(=O)Oc1ccc(CO)cc1.CC(=O)Oc1ccc(COc2ccc3nc(C#N)sc3c2)cc1.CC(=O)Oc1ccc(COc2ccc3nc(C4=N[C@@H](C(=O)O)CS4)sc3c2)cc1.O=CO[O-].O=Cc1ccc(O)cc1.[B].[H-].[H-].[K+].[K+].[Na+].c1ccc(P(c2ccccc2)c2ccccc2)cc1.c1ccncc1. The van der Waals surface area contributed by atoms with Crippen molar-refractivity contribution >= 4 is 239 Å². The fourth-order valence-corrected chi connectivity index (χ4v) is 15.9. The number of nitrogens with zero attached hydrogens (tertiary/aromatic N) is 5. The molecule has 1 aliphatic heterocycles. The summed E-state index contributed by atoms with van der Waals surface area (Å²) in [6, 6.07) is 91.3. The third kappa shape index (κ3) is 57.1. The molecule has 15 rings (SSSR count). The number of ether oxygens (including phenoxy) is 8. The zero-order valence-electron chi connectivity index (χ0n) is 80.0. The minimum Gasteiger partial charge on any atom is -1.00 e. The average Bonchev–Trinajstić information content (AvgIpc) is 1.61. The van der Waals surface area contributed by atoms with Crippen LogP contribution in [0.25, 0.3) is 20.4 Å². The molecule has 3 aromatic heterocycles. The molecule has 4 heterocycles. The molecule has 29 nitrogen and oxygen atoms in total. The van der Waals surface area contributed by atoms with Crippen LogP contribution in [0.5, 0.6) is 46.0 Å². The molecule has 0 amide bonds. The maximum Gasteiger partial charge on any atom is 1.00 e. The molecule has 0 saturated heterocycles. The molecule has 14 aromatic rings. The number of esters is 7. The third-order valence-corrected chi connectivity index (χ3v) is 22.3. The number of thioether (sulfide) groups is 1. The number of aromatic hydroxyl groups is 1. The first-order valence-electron chi connectivity index (χ1n) is 40.2. The fraction of sp³-hybridized carbons (Fsp3) is 0.140. The summed E-state index contributed by atoms with van der Waals surface area (Å²) in [5, 5.41) is 50.7. The molecule has 142 heavy (non-hydrogen) atoms. The number of phenolic OH excluding ortho intramolecular Hbond substituents is 1. The van der Waals surface area contributed by atoms with Gasteiger partial charge in [0.1, 0.15) is 87.9 Å². The van der Waals surface area contributed by atoms with Gasteiger partial charge in [-0.25, -0.2) is 14.8 Å². The van der Waals surface area contributed by atoms with E-state index in [-0.39, 0.29) is 193 Å². The number of aliphatic imine (C=N–C) groups is 1. The Morgan fingerprint density at radius 3 is 1.09 bits per heavy atom. The molecule has 1 aliphatic rings. The number of carboxylic acids is 1. The van der Waals surface area contributed by atoms with Gasteiger partial charge in [-0.3, -0.25) is 57.9 Å². The second-order valence-corrected chi connectivity index (χ2v) is 43.9. The fourth-order valence-electron chi connectivity index (χ4n) is 10.4. The summed E-state index contributed by atoms with van der Waals surface area (Å²) in [5.74, 6) is 0.860. The van der Waals surface area contributed by atoms with Crippen molar-refractivity contribution in [2.24, 2.45) is 4.99 Å². The molecule has 42 heteroatoms. The van der Waals surface area contributed by atoms with Crippen molar-refractivity contribution in [2.45, 2.75) is 80.7 Å². The van der Waals surface area contributed by atoms with Gasteiger partial charge in [0.2, 0.25) is 0 Å². The van der Waals surface area contributed by atoms with E-state index in [1.807, 2.05) is 97.1 Å². The second-order valence-electron chi connectivity index (χ2n) is 26.9. The summed E-state index contributed by atoms with van der Waals surface area (Å²) in [6.07, 6.45) is 4.97. The number of aliphatic carboxylic acids is 1. The van der Waals surface area contributed by atoms with Crippen LogP contribution in [-0.2, 0) is 77.9 Å². The number of aliphatic hydroxyl groups excluding tert-OH is 1. The van der Waals surface area contributed by atoms with E-state index in [0.29, 0.717) is 74.6 Å². The summed E-state index contributed by atoms with van der Waals surface area (Å²) in [5.41, 5.74) is 6.62. The van der Waals surface area contributed by atoms with E-state index in [4.69, 9.17) is 63.8 Å². The largest absolute Gasteiger partial charge is 1.00 e. The Labute approximate surface area is 987 Å². The Hall–Kier alpha value is -8.88. The molecule has 723 valence electrons. The first-order chi connectivity index (χ1) is 66.1. The Kier molecular flexibility index (Phi) is 69.2. The molecule has 3 radical (unpaired) electrons. The molecule has 11 aromatic carbocycles. The zero-order chi connectivity index (χ0) is 101. The molecule has 0 bridgehead atoms. The molecule has 0 saturated carbocycles. The number of phenols is 1. The number of hydrogen-bond acceptors (Lipinski definition) is 31. The Bertz CT molecular complexity index is 6070. The second kappa shape index (κ2) is 74.9. The van der Waals surface area contributed by atoms with Crippen LogP contribution in [0, 0.1) is 11.3 Å². The normalized spacial score (nSPS) is 10.5. The number of aromatic nitrogens is 3. The van der Waals surface area contributed by atoms with Gasteiger partial charge in [-0.1, -0.05) is 162 Å². The number of aliphatic hydroxyl groups is 1. The monoisotopic (exact) mass is 2380 g/mol. The van der Waals surface area contributed by atoms with Crippen LogP contribution in [0.4, 0.5) is 0 Å². The molecule has 0 unspecified atom stereocenters. The average molecular weight is 2380 g/mol. The van der Waals surface area contributed by atoms with Crippen LogP contribution in [0.15, 0.2) is 309 Å². The van der Waals surface area contributed by atoms with Crippen molar-refractivity contribution in [2.75, 3.05) is 5.75 Å². The number of alkyl halides is 5. The van der Waals surface area contributed by atoms with Gasteiger partial charge in [0.25, 0.3) is 6.47 Å². The number of aldehydes is 2. The van der Waals surface area contributed by atoms with Crippen LogP contribution >= 0.6 is 122 Å². The van der Waals surface area contributed by atoms with Gasteiger partial charge < -0.3 is 66.2 Å². The van der Waals surface area contributed by atoms with Crippen molar-refractivity contribution in [3.63, 3.8) is 0 Å². The Balaban J connectivity index is 0. The molecule has 1 atom stereocenters. The zero-order valence-corrected chi connectivity index (χ0v) is 97.5. The van der Waals surface area contributed by atoms with Crippen molar-refractivity contribution in [3.05, 3.63) is 347 Å². The number of carbonyl (C=O) groups is 11. The number of rotatable bonds is 21. The number of carboxylic acid groups (broad SMARTS) is 1. The van der Waals surface area contributed by atoms with Gasteiger partial charge in [0, 0.05) is 91.5 Å². The summed E-state index contributed by atoms with van der Waals surface area (Å²) >= 11 is 20.1. The van der Waals surface area contributed by atoms with Crippen LogP contribution in [-0.4, -0.2) is 123 Å². The molecular weight excluding hydrogens is 2290 g/mol. The van der Waals surface area contributed by atoms with Crippen LogP contribution in [0.1, 0.15) is 104 Å². The Morgan fingerprint density at radius 2 is 0.803 bits per heavy atom. The Morgan fingerprint density at radius 1 is 0.479 bits per heavy atom. The number of pyridine rings is 1. The quantitative estimate of drug-likeness (QED) is 0.00692. The number of nitriles is 1. The van der Waals surface area contributed by atoms with Gasteiger partial charge in [-0.15, -0.1) is 34.4 Å². The van der Waals surface area contributed by atoms with Crippen LogP contribution in [0.3, 0.4) is 0 Å². The predicted octanol–water partition coefficient (Wildman–Crippen LogP) is 10.8. The van der Waals surface area contributed by atoms with E-state index in [2.05, 4.69) is 200 Å². The number of halogens is 5. The van der Waals surface area contributed by atoms with Gasteiger partial charge in [0.05, 0.1) is 27.0 Å². The van der Waals surface area contributed by atoms with Crippen molar-refractivity contribution < 1.29 is 251 Å². The van der Waals surface area contributed by atoms with Crippen molar-refractivity contribution in [1.29, 1.82) is 5.26 Å². The number of thiazole rings is 2. The standard InChI is InChI=1S/C20H16N2O5S2.C18H15P.C17H12N2O3S.C9H9BrO2.C9H10O3.C9H8O3.C7H6O2.C5H5N.C4H6O3.CBr4.CH2O3.B.2K.Na.2H/c1-11(23)27-13-4-2-12(3-5-13)9-26-14-6-7-15-17(8-14)29-19(21-15)18-22-16(10-28-18)20(24)25;1-4-10-16(11-5-1)19(17-12-6-2-7-13-17)18-14-8-3-9-15-18;1-11(20)22-13-4-2-12(3-5-13)10-21-14-6-7-15-16(8-14)23-17(9-18)19-15;3*1-7(11)12-9-4-2-8(6-10)3-5-9;8-5-6-1-3-7(9)4-2-6;1-2-4-6-5-3-1;1-3(5)7-4(2)6;2-1(3,4)5;2-1-4-3;;;;;;/h2-8,16H,9-10H2,1H3,(H,24,25);1-15H;2-8H,10H2,1H3;2-5H,6H2,1H3;2-5,10H,6H2,1H3;2-6H,1H3;1-5,9H;1-5H;1-2H3;;1,3H;;;;;;/q;;;;;;;;;;;;3*+1;2*-1/p-1/t16-;;;;;;;;;;;;;;;;/m1................/s1. The third-order valence-electron chi connectivity index (χ3n) is 16.1. The summed E-state index contributed by atoms with van der Waals surface area (Å²) in [7, 11) is -0.446. The van der Waals surface area contributed by atoms with E-state index >= 15 is 0 Å². The number of carbonyl (C=O) groups excluding carboxylic acids is 10. The molecular formula is C100H90BBr5K2N5NaO24PS3. The number of fused-ring (bicyclic) bond motifs is 2. The molecule has 0 spiro atoms. The van der Waals surface area contributed by atoms with Crippen LogP contribution in [0.2, 0.25) is 0 Å². The van der Waals surface area contributed by atoms with E-state index in [0.717, 1.165) is 71.3 Å². The van der Waals surface area contributed by atoms with Gasteiger partial charge in [0.15, 0.2) is 12.1 Å². The number of benzene rings is 11. The van der Waals surface area contributed by atoms with E-state index in [9.17, 15) is 47.9 Å². The van der Waals surface area contributed by atoms with E-state index in [1.54, 1.807) is 109 Å². The van der Waals surface area contributed by atoms with Gasteiger partial charge in [-0.2, -0.15) is 5.26 Å². The van der Waals surface area contributed by atoms with Crippen LogP contribution < -0.4 is 187 Å². The summed E-state index contributed by atoms with van der Waals surface area (Å²) in [6.45, 7) is 9.75. The first-order valence-corrected chi connectivity index (χ1v) is 48.5. The molecule has 0 fully saturated rings. The van der Waals surface area contributed by atoms with Gasteiger partial charge in [-0.05, 0) is 255 Å². The van der Waals surface area contributed by atoms with E-state index in [1.165, 1.54) is 111 Å². The maximum absolute atomic E-state index is 11.1. The molecule has 0 aliphatic carbocycles. The summed E-state index contributed by atoms with van der Waals surface area (Å²) < 4.78 is 41.6. The first kappa shape index (κ1) is 131.